The lowest BCUT2D eigenvalue weighted by atomic mass is 9.74. The first-order valence-corrected chi connectivity index (χ1v) is 34.7. The molecule has 0 aromatic carbocycles. The summed E-state index contributed by atoms with van der Waals surface area (Å²) in [4.78, 5) is 168. The molecule has 2 aliphatic heterocycles. The van der Waals surface area contributed by atoms with Crippen molar-refractivity contribution in [2.24, 2.45) is 41.4 Å². The highest BCUT2D eigenvalue weighted by Gasteiger charge is 2.53. The number of nitrogens with zero attached hydrogens (tertiary/aromatic N) is 7. The molecule has 6 fully saturated rings. The summed E-state index contributed by atoms with van der Waals surface area (Å²) in [5, 5.41) is 10.3. The van der Waals surface area contributed by atoms with Crippen LogP contribution in [0.1, 0.15) is 176 Å². The van der Waals surface area contributed by atoms with Gasteiger partial charge in [-0.05, 0) is 152 Å². The molecule has 0 aromatic rings. The van der Waals surface area contributed by atoms with Crippen molar-refractivity contribution in [3.63, 3.8) is 0 Å². The van der Waals surface area contributed by atoms with Crippen LogP contribution in [0.25, 0.3) is 0 Å². The first-order chi connectivity index (χ1) is 44.4. The fraction of sp³-hybridized carbons (Fsp3) is 0.833. The highest BCUT2D eigenvalue weighted by molar-refractivity contribution is 6.20. The first kappa shape index (κ1) is 78.0. The smallest absolute Gasteiger partial charge is 0.351 e. The van der Waals surface area contributed by atoms with E-state index in [1.165, 1.54) is 57.0 Å². The van der Waals surface area contributed by atoms with Crippen molar-refractivity contribution < 1.29 is 79.1 Å². The zero-order chi connectivity index (χ0) is 70.8. The third kappa shape index (κ3) is 20.1. The Bertz CT molecular complexity index is 2750. The molecule has 4 aliphatic carbocycles. The second kappa shape index (κ2) is 33.5. The van der Waals surface area contributed by atoms with Crippen LogP contribution in [0.5, 0.6) is 0 Å². The molecule has 4 N–H and O–H groups in total. The molecule has 0 aromatic heterocycles. The Morgan fingerprint density at radius 3 is 1.76 bits per heavy atom. The quantitative estimate of drug-likeness (QED) is 0.142. The summed E-state index contributed by atoms with van der Waals surface area (Å²) in [6.45, 7) is 6.99. The van der Waals surface area contributed by atoms with Gasteiger partial charge in [0.15, 0.2) is 0 Å². The van der Waals surface area contributed by atoms with Crippen molar-refractivity contribution in [2.75, 3.05) is 68.5 Å². The zero-order valence-electron chi connectivity index (χ0n) is 57.3. The number of hydrogen-bond acceptors (Lipinski definition) is 11. The number of carbonyl (C=O) groups excluding carboxylic acids is 11. The Morgan fingerprint density at radius 2 is 1.19 bits per heavy atom. The molecule has 2 saturated heterocycles. The molecule has 6 aliphatic rings. The van der Waals surface area contributed by atoms with Crippen LogP contribution in [0, 0.1) is 41.4 Å². The van der Waals surface area contributed by atoms with E-state index < -0.39 is 180 Å². The van der Waals surface area contributed by atoms with Crippen molar-refractivity contribution in [1.82, 2.24) is 55.6 Å². The van der Waals surface area contributed by atoms with Gasteiger partial charge in [-0.25, -0.2) is 0 Å². The summed E-state index contributed by atoms with van der Waals surface area (Å²) < 4.78 is 83.4. The molecule has 0 bridgehead atoms. The van der Waals surface area contributed by atoms with E-state index in [1.54, 1.807) is 13.8 Å². The summed E-state index contributed by atoms with van der Waals surface area (Å²) in [5.41, 5.74) is -1.48. The molecular formula is C66H104ClF6N11O11. The second-order valence-electron chi connectivity index (χ2n) is 28.8. The Morgan fingerprint density at radius 1 is 0.589 bits per heavy atom. The van der Waals surface area contributed by atoms with Crippen LogP contribution >= 0.6 is 11.6 Å². The van der Waals surface area contributed by atoms with Crippen LogP contribution in [0.2, 0.25) is 0 Å². The molecular weight excluding hydrogens is 1270 g/mol. The maximum Gasteiger partial charge on any atom is 0.393 e. The number of nitrogens with one attached hydrogen (secondary N) is 4. The van der Waals surface area contributed by atoms with Crippen molar-refractivity contribution in [2.45, 2.75) is 241 Å². The average Bonchev–Trinajstić information content (AvgIpc) is 1.65. The van der Waals surface area contributed by atoms with Crippen molar-refractivity contribution in [3.05, 3.63) is 0 Å². The number of carbonyl (C=O) groups is 11. The minimum atomic E-state index is -4.53. The van der Waals surface area contributed by atoms with E-state index in [1.807, 2.05) is 20.8 Å². The van der Waals surface area contributed by atoms with Gasteiger partial charge >= 0.3 is 12.4 Å². The van der Waals surface area contributed by atoms with E-state index in [4.69, 9.17) is 11.6 Å². The molecule has 2 heterocycles. The van der Waals surface area contributed by atoms with Gasteiger partial charge in [0.05, 0.1) is 31.5 Å². The van der Waals surface area contributed by atoms with Crippen LogP contribution in [0.3, 0.4) is 0 Å². The van der Waals surface area contributed by atoms with Gasteiger partial charge < -0.3 is 55.6 Å². The minimum absolute atomic E-state index is 0.0379. The molecule has 3 unspecified atom stereocenters. The summed E-state index contributed by atoms with van der Waals surface area (Å²) >= 11 is 6.34. The van der Waals surface area contributed by atoms with E-state index in [9.17, 15) is 69.5 Å². The van der Waals surface area contributed by atoms with Gasteiger partial charge in [-0.3, -0.25) is 52.7 Å². The molecule has 95 heavy (non-hydrogen) atoms. The second-order valence-corrected chi connectivity index (χ2v) is 29.4. The van der Waals surface area contributed by atoms with Gasteiger partial charge in [-0.15, -0.1) is 11.6 Å². The molecule has 22 nitrogen and oxygen atoms in total. The van der Waals surface area contributed by atoms with Gasteiger partial charge in [0.25, 0.3) is 0 Å². The van der Waals surface area contributed by atoms with Crippen LogP contribution in [-0.4, -0.2) is 233 Å². The largest absolute Gasteiger partial charge is 0.393 e. The lowest BCUT2D eigenvalue weighted by Crippen LogP contribution is -2.68. The summed E-state index contributed by atoms with van der Waals surface area (Å²) in [7, 11) is 8.16. The van der Waals surface area contributed by atoms with Crippen LogP contribution in [0.4, 0.5) is 26.3 Å². The maximum absolute atomic E-state index is 15.1. The molecule has 538 valence electrons. The van der Waals surface area contributed by atoms with Crippen LogP contribution in [0.15, 0.2) is 0 Å². The van der Waals surface area contributed by atoms with E-state index in [2.05, 4.69) is 21.3 Å². The highest BCUT2D eigenvalue weighted by Crippen LogP contribution is 2.45. The lowest BCUT2D eigenvalue weighted by Gasteiger charge is -2.46. The fourth-order valence-electron chi connectivity index (χ4n) is 14.9. The molecule has 1 spiro atoms. The van der Waals surface area contributed by atoms with Gasteiger partial charge in [0.2, 0.25) is 65.0 Å². The Balaban J connectivity index is 1.35. The van der Waals surface area contributed by atoms with E-state index in [0.717, 1.165) is 32.4 Å². The number of likely N-dealkylation sites (N-methyl/N-ethyl adjacent to an activating group) is 6. The minimum Gasteiger partial charge on any atom is -0.351 e. The highest BCUT2D eigenvalue weighted by atomic mass is 35.5. The van der Waals surface area contributed by atoms with E-state index in [-0.39, 0.29) is 115 Å². The van der Waals surface area contributed by atoms with Gasteiger partial charge in [0, 0.05) is 66.7 Å². The van der Waals surface area contributed by atoms with Crippen molar-refractivity contribution >= 4 is 76.6 Å². The zero-order valence-corrected chi connectivity index (χ0v) is 58.1. The molecule has 11 atom stereocenters. The molecule has 4 saturated carbocycles. The fourth-order valence-corrected chi connectivity index (χ4v) is 15.4. The van der Waals surface area contributed by atoms with E-state index in [0.29, 0.717) is 32.1 Å². The third-order valence-electron chi connectivity index (χ3n) is 21.3. The maximum atomic E-state index is 15.1. The number of fused-ring (bicyclic) bond motifs is 1. The van der Waals surface area contributed by atoms with E-state index >= 15 is 9.59 Å². The van der Waals surface area contributed by atoms with Crippen molar-refractivity contribution in [1.29, 1.82) is 0 Å². The predicted octanol–water partition coefficient (Wildman–Crippen LogP) is 6.16. The predicted molar refractivity (Wildman–Crippen MR) is 341 cm³/mol. The van der Waals surface area contributed by atoms with Gasteiger partial charge in [-0.2, -0.15) is 26.3 Å². The number of alkyl halides is 7. The molecule has 11 amide bonds. The average molecular weight is 1380 g/mol. The number of halogens is 7. The lowest BCUT2D eigenvalue weighted by molar-refractivity contribution is -0.184. The molecule has 6 rings (SSSR count). The monoisotopic (exact) mass is 1380 g/mol. The third-order valence-corrected chi connectivity index (χ3v) is 21.8. The number of hydrogen-bond donors (Lipinski definition) is 4. The van der Waals surface area contributed by atoms with Crippen LogP contribution in [-0.2, 0) is 52.7 Å². The topological polar surface area (TPSA) is 259 Å². The molecule has 0 radical (unpaired) electrons. The standard InChI is InChI=1S/C66H104ClF6N11O11/c1-12-39(4)55-62(94)80(8)36-53(87)78(6)37-54(88)82(10)50(34-42-20-24-44(25-21-42)65(68,69)70)61(93)79(7)35-51(85)75-47(27-23-41-22-26-45(46(67)33-41)66(71,72)73)60(92)84-30-15-19-48(84)58(90)77-64(28-16-29-64)63(95)83(11)56(43-17-13-14-18-43)59(91)74-40(5)32-52(86)81(9)49(31-38(2)3)57(89)76-55/h38-50,55-56H,12-37H2,1-11H3,(H,74,91)(H,75,85)(H,76,89)(H,77,90)/t39-,40+,41?,42?,44?,45?,46?,47-,48-,49-,50-,55-,56-/m0/s1. The Labute approximate surface area is 560 Å². The van der Waals surface area contributed by atoms with Gasteiger partial charge in [0.1, 0.15) is 41.8 Å². The normalized spacial score (nSPS) is 31.3. The summed E-state index contributed by atoms with van der Waals surface area (Å²) in [5.74, 6) is -12.5. The molecule has 29 heteroatoms. The van der Waals surface area contributed by atoms with Crippen LogP contribution < -0.4 is 21.3 Å². The Kier molecular flexibility index (Phi) is 27.5. The summed E-state index contributed by atoms with van der Waals surface area (Å²) in [6, 6.07) is -8.08. The number of rotatable bonds is 10. The first-order valence-electron chi connectivity index (χ1n) is 34.2. The number of amides is 11. The van der Waals surface area contributed by atoms with Crippen molar-refractivity contribution in [3.8, 4) is 0 Å². The summed E-state index contributed by atoms with van der Waals surface area (Å²) in [6.07, 6.45) is -5.10. The SMILES string of the molecule is CC[C@H](C)[C@@H]1NC(=O)[C@H](CC(C)C)N(C)C(=O)C[C@@H](C)NC(=O)[C@H](C2CCCC2)N(C)C(=O)C2(CCC2)NC(=O)[C@@H]2CCCN2C(=O)[C@H](CCC2CCC(C(F)(F)F)C(Cl)C2)NC(=O)CN(C)C(=O)[C@H](CC2CCC(C(F)(F)F)CC2)N(C)C(=O)CN(C)C(=O)CN(C)C1=O. The Hall–Kier alpha value is -5.96. The van der Waals surface area contributed by atoms with Gasteiger partial charge in [-0.1, -0.05) is 47.0 Å².